The highest BCUT2D eigenvalue weighted by Crippen LogP contribution is 2.53. The quantitative estimate of drug-likeness (QED) is 0.651. The Kier molecular flexibility index (Phi) is 3.32. The lowest BCUT2D eigenvalue weighted by molar-refractivity contribution is 0.484. The minimum atomic E-state index is -0.213. The lowest BCUT2D eigenvalue weighted by Crippen LogP contribution is -2.29. The Bertz CT molecular complexity index is 556. The van der Waals surface area contributed by atoms with Gasteiger partial charge in [0.05, 0.1) is 0 Å². The molecule has 98 valence electrons. The molecule has 1 aliphatic carbocycles. The monoisotopic (exact) mass is 256 g/mol. The lowest BCUT2D eigenvalue weighted by Gasteiger charge is -2.16. The van der Waals surface area contributed by atoms with Crippen LogP contribution in [0.15, 0.2) is 54.6 Å². The minimum Gasteiger partial charge on any atom is -0.271 e. The molecule has 2 aromatic rings. The van der Waals surface area contributed by atoms with Gasteiger partial charge in [0, 0.05) is 6.04 Å². The fourth-order valence-electron chi connectivity index (χ4n) is 2.83. The van der Waals surface area contributed by atoms with E-state index in [9.17, 15) is 4.39 Å². The first-order chi connectivity index (χ1) is 9.29. The Balaban J connectivity index is 1.79. The maximum atomic E-state index is 13.3. The van der Waals surface area contributed by atoms with E-state index in [1.54, 1.807) is 12.1 Å². The summed E-state index contributed by atoms with van der Waals surface area (Å²) < 4.78 is 13.3. The topological polar surface area (TPSA) is 38.0 Å². The predicted molar refractivity (Wildman–Crippen MR) is 73.8 cm³/mol. The molecule has 0 bridgehead atoms. The first-order valence-electron chi connectivity index (χ1n) is 6.56. The molecule has 3 heteroatoms. The molecule has 0 aliphatic heterocycles. The summed E-state index contributed by atoms with van der Waals surface area (Å²) in [6.45, 7) is 0. The fraction of sp³-hybridized carbons (Fsp3) is 0.250. The van der Waals surface area contributed by atoms with Crippen LogP contribution in [0.5, 0.6) is 0 Å². The molecule has 2 aromatic carbocycles. The Labute approximate surface area is 112 Å². The van der Waals surface area contributed by atoms with E-state index >= 15 is 0 Å². The molecule has 1 aliphatic rings. The molecule has 0 aromatic heterocycles. The van der Waals surface area contributed by atoms with Crippen LogP contribution < -0.4 is 11.3 Å². The van der Waals surface area contributed by atoms with Gasteiger partial charge in [-0.2, -0.15) is 0 Å². The van der Waals surface area contributed by atoms with Crippen molar-refractivity contribution in [1.29, 1.82) is 0 Å². The number of halogens is 1. The highest BCUT2D eigenvalue weighted by Gasteiger charge is 2.44. The van der Waals surface area contributed by atoms with Crippen LogP contribution in [-0.2, 0) is 0 Å². The molecule has 19 heavy (non-hydrogen) atoms. The Morgan fingerprint density at radius 2 is 1.89 bits per heavy atom. The fourth-order valence-corrected chi connectivity index (χ4v) is 2.83. The molecule has 1 saturated carbocycles. The van der Waals surface area contributed by atoms with Crippen LogP contribution in [0.2, 0.25) is 0 Å². The second kappa shape index (κ2) is 5.11. The summed E-state index contributed by atoms with van der Waals surface area (Å²) in [6, 6.07) is 17.1. The molecule has 3 unspecified atom stereocenters. The molecule has 0 radical (unpaired) electrons. The van der Waals surface area contributed by atoms with Gasteiger partial charge in [-0.3, -0.25) is 11.3 Å². The van der Waals surface area contributed by atoms with E-state index in [4.69, 9.17) is 5.84 Å². The van der Waals surface area contributed by atoms with Gasteiger partial charge in [-0.25, -0.2) is 4.39 Å². The largest absolute Gasteiger partial charge is 0.271 e. The first-order valence-corrected chi connectivity index (χ1v) is 6.56. The molecule has 2 nitrogen and oxygen atoms in total. The molecule has 0 saturated heterocycles. The van der Waals surface area contributed by atoms with Crippen LogP contribution in [0, 0.1) is 11.7 Å². The zero-order valence-electron chi connectivity index (χ0n) is 10.6. The van der Waals surface area contributed by atoms with E-state index in [0.29, 0.717) is 11.8 Å². The predicted octanol–water partition coefficient (Wildman–Crippen LogP) is 3.13. The van der Waals surface area contributed by atoms with E-state index in [-0.39, 0.29) is 11.9 Å². The Morgan fingerprint density at radius 3 is 2.58 bits per heavy atom. The second-order valence-corrected chi connectivity index (χ2v) is 5.12. The number of hydrogen-bond acceptors (Lipinski definition) is 2. The molecule has 1 fully saturated rings. The average molecular weight is 256 g/mol. The molecular weight excluding hydrogens is 239 g/mol. The van der Waals surface area contributed by atoms with Crippen molar-refractivity contribution in [1.82, 2.24) is 5.43 Å². The van der Waals surface area contributed by atoms with E-state index in [1.807, 2.05) is 12.1 Å². The Morgan fingerprint density at radius 1 is 1.11 bits per heavy atom. The molecule has 3 N–H and O–H groups in total. The zero-order valence-corrected chi connectivity index (χ0v) is 10.6. The SMILES string of the molecule is NNC(c1cccc(F)c1)C1CC1c1ccccc1. The third kappa shape index (κ3) is 2.53. The van der Waals surface area contributed by atoms with Crippen molar-refractivity contribution < 1.29 is 4.39 Å². The van der Waals surface area contributed by atoms with E-state index in [2.05, 4.69) is 29.7 Å². The molecular formula is C16H17FN2. The van der Waals surface area contributed by atoms with Crippen LogP contribution in [0.1, 0.15) is 29.5 Å². The van der Waals surface area contributed by atoms with Crippen molar-refractivity contribution in [2.45, 2.75) is 18.4 Å². The molecule has 0 amide bonds. The molecule has 0 spiro atoms. The summed E-state index contributed by atoms with van der Waals surface area (Å²) in [6.07, 6.45) is 1.09. The van der Waals surface area contributed by atoms with Crippen LogP contribution >= 0.6 is 0 Å². The number of nitrogens with two attached hydrogens (primary N) is 1. The van der Waals surface area contributed by atoms with Gasteiger partial charge in [-0.1, -0.05) is 42.5 Å². The van der Waals surface area contributed by atoms with Crippen LogP contribution in [-0.4, -0.2) is 0 Å². The highest BCUT2D eigenvalue weighted by molar-refractivity contribution is 5.30. The lowest BCUT2D eigenvalue weighted by atomic mass is 9.99. The van der Waals surface area contributed by atoms with Gasteiger partial charge in [0.1, 0.15) is 5.82 Å². The number of benzene rings is 2. The van der Waals surface area contributed by atoms with Crippen molar-refractivity contribution >= 4 is 0 Å². The third-order valence-electron chi connectivity index (χ3n) is 3.88. The highest BCUT2D eigenvalue weighted by atomic mass is 19.1. The van der Waals surface area contributed by atoms with Crippen LogP contribution in [0.25, 0.3) is 0 Å². The van der Waals surface area contributed by atoms with E-state index in [1.165, 1.54) is 11.6 Å². The van der Waals surface area contributed by atoms with Crippen molar-refractivity contribution in [2.75, 3.05) is 0 Å². The van der Waals surface area contributed by atoms with Crippen molar-refractivity contribution in [3.8, 4) is 0 Å². The van der Waals surface area contributed by atoms with Gasteiger partial charge < -0.3 is 0 Å². The number of hydrogen-bond donors (Lipinski definition) is 2. The maximum absolute atomic E-state index is 13.3. The van der Waals surface area contributed by atoms with Gasteiger partial charge in [0.2, 0.25) is 0 Å². The normalized spacial score (nSPS) is 23.1. The molecule has 0 heterocycles. The number of hydrazine groups is 1. The van der Waals surface area contributed by atoms with Gasteiger partial charge in [0.15, 0.2) is 0 Å². The third-order valence-corrected chi connectivity index (χ3v) is 3.88. The van der Waals surface area contributed by atoms with Gasteiger partial charge >= 0.3 is 0 Å². The summed E-state index contributed by atoms with van der Waals surface area (Å²) in [5, 5.41) is 0. The summed E-state index contributed by atoms with van der Waals surface area (Å²) in [4.78, 5) is 0. The van der Waals surface area contributed by atoms with Crippen LogP contribution in [0.4, 0.5) is 4.39 Å². The smallest absolute Gasteiger partial charge is 0.123 e. The summed E-state index contributed by atoms with van der Waals surface area (Å²) in [7, 11) is 0. The van der Waals surface area contributed by atoms with Gasteiger partial charge in [0.25, 0.3) is 0 Å². The van der Waals surface area contributed by atoms with Gasteiger partial charge in [-0.05, 0) is 41.5 Å². The molecule has 3 rings (SSSR count). The summed E-state index contributed by atoms with van der Waals surface area (Å²) >= 11 is 0. The van der Waals surface area contributed by atoms with Crippen molar-refractivity contribution in [2.24, 2.45) is 11.8 Å². The summed E-state index contributed by atoms with van der Waals surface area (Å²) in [5.74, 6) is 6.41. The standard InChI is InChI=1S/C16H17FN2/c17-13-8-4-7-12(9-13)16(19-18)15-10-14(15)11-5-2-1-3-6-11/h1-9,14-16,19H,10,18H2. The summed E-state index contributed by atoms with van der Waals surface area (Å²) in [5.41, 5.74) is 5.10. The Hall–Kier alpha value is -1.71. The van der Waals surface area contributed by atoms with E-state index < -0.39 is 0 Å². The number of rotatable bonds is 4. The van der Waals surface area contributed by atoms with Crippen LogP contribution in [0.3, 0.4) is 0 Å². The van der Waals surface area contributed by atoms with Crippen molar-refractivity contribution in [3.05, 3.63) is 71.5 Å². The zero-order chi connectivity index (χ0) is 13.2. The first kappa shape index (κ1) is 12.3. The second-order valence-electron chi connectivity index (χ2n) is 5.12. The van der Waals surface area contributed by atoms with E-state index in [0.717, 1.165) is 12.0 Å². The molecule has 3 atom stereocenters. The van der Waals surface area contributed by atoms with Gasteiger partial charge in [-0.15, -0.1) is 0 Å². The maximum Gasteiger partial charge on any atom is 0.123 e. The van der Waals surface area contributed by atoms with Crippen molar-refractivity contribution in [3.63, 3.8) is 0 Å². The minimum absolute atomic E-state index is 0.0147. The average Bonchev–Trinajstić information content (AvgIpc) is 3.21. The number of nitrogens with one attached hydrogen (secondary N) is 1.